The van der Waals surface area contributed by atoms with Crippen molar-refractivity contribution in [2.24, 2.45) is 11.7 Å². The van der Waals surface area contributed by atoms with Gasteiger partial charge < -0.3 is 20.5 Å². The lowest BCUT2D eigenvalue weighted by molar-refractivity contribution is 0.288. The first-order valence-electron chi connectivity index (χ1n) is 7.64. The van der Waals surface area contributed by atoms with Gasteiger partial charge in [-0.05, 0) is 51.3 Å². The maximum atomic E-state index is 5.83. The van der Waals surface area contributed by atoms with E-state index in [9.17, 15) is 0 Å². The van der Waals surface area contributed by atoms with E-state index in [1.807, 2.05) is 26.0 Å². The van der Waals surface area contributed by atoms with Crippen molar-refractivity contribution in [3.05, 3.63) is 18.2 Å². The fraction of sp³-hybridized carbons (Fsp3) is 0.625. The minimum Gasteiger partial charge on any atom is -0.490 e. The Labute approximate surface area is 121 Å². The third-order valence-corrected chi connectivity index (χ3v) is 3.86. The van der Waals surface area contributed by atoms with Crippen LogP contribution in [0.15, 0.2) is 18.2 Å². The summed E-state index contributed by atoms with van der Waals surface area (Å²) >= 11 is 0. The second-order valence-electron chi connectivity index (χ2n) is 5.21. The van der Waals surface area contributed by atoms with Crippen LogP contribution in [0.5, 0.6) is 11.5 Å². The van der Waals surface area contributed by atoms with Crippen LogP contribution in [0.1, 0.15) is 33.1 Å². The topological polar surface area (TPSA) is 56.5 Å². The number of anilines is 1. The number of benzene rings is 1. The zero-order valence-electron chi connectivity index (χ0n) is 12.5. The molecule has 2 rings (SSSR count). The van der Waals surface area contributed by atoms with E-state index in [4.69, 9.17) is 15.2 Å². The molecule has 0 spiro atoms. The highest BCUT2D eigenvalue weighted by Gasteiger charge is 2.25. The largest absolute Gasteiger partial charge is 0.490 e. The average Bonchev–Trinajstić information content (AvgIpc) is 2.89. The quantitative estimate of drug-likeness (QED) is 0.805. The standard InChI is InChI=1S/C16H26N2O2/c1-3-19-15-9-8-13(10-16(15)20-4-2)18-14-7-5-6-12(14)11-17/h8-10,12,14,18H,3-7,11,17H2,1-2H3. The highest BCUT2D eigenvalue weighted by atomic mass is 16.5. The maximum Gasteiger partial charge on any atom is 0.163 e. The van der Waals surface area contributed by atoms with Crippen LogP contribution in [-0.4, -0.2) is 25.8 Å². The van der Waals surface area contributed by atoms with Crippen LogP contribution in [-0.2, 0) is 0 Å². The van der Waals surface area contributed by atoms with E-state index in [-0.39, 0.29) is 0 Å². The molecule has 4 heteroatoms. The minimum atomic E-state index is 0.479. The number of hydrogen-bond acceptors (Lipinski definition) is 4. The third kappa shape index (κ3) is 3.57. The average molecular weight is 278 g/mol. The molecular formula is C16H26N2O2. The Bertz CT molecular complexity index is 423. The third-order valence-electron chi connectivity index (χ3n) is 3.86. The molecule has 1 aliphatic carbocycles. The zero-order valence-corrected chi connectivity index (χ0v) is 12.5. The second kappa shape index (κ2) is 7.39. The predicted octanol–water partition coefficient (Wildman–Crippen LogP) is 3.02. The van der Waals surface area contributed by atoms with E-state index < -0.39 is 0 Å². The summed E-state index contributed by atoms with van der Waals surface area (Å²) in [5.41, 5.74) is 6.92. The van der Waals surface area contributed by atoms with E-state index in [1.54, 1.807) is 0 Å². The van der Waals surface area contributed by atoms with E-state index in [2.05, 4.69) is 11.4 Å². The van der Waals surface area contributed by atoms with Crippen molar-refractivity contribution < 1.29 is 9.47 Å². The number of nitrogens with one attached hydrogen (secondary N) is 1. The molecule has 2 atom stereocenters. The van der Waals surface area contributed by atoms with Crippen molar-refractivity contribution in [1.82, 2.24) is 0 Å². The highest BCUT2D eigenvalue weighted by Crippen LogP contribution is 2.33. The summed E-state index contributed by atoms with van der Waals surface area (Å²) < 4.78 is 11.2. The summed E-state index contributed by atoms with van der Waals surface area (Å²) in [6, 6.07) is 6.54. The number of nitrogens with two attached hydrogens (primary N) is 1. The van der Waals surface area contributed by atoms with Gasteiger partial charge in [0.15, 0.2) is 11.5 Å². The van der Waals surface area contributed by atoms with E-state index in [0.29, 0.717) is 25.2 Å². The Morgan fingerprint density at radius 2 is 1.90 bits per heavy atom. The van der Waals surface area contributed by atoms with Gasteiger partial charge in [0.25, 0.3) is 0 Å². The SMILES string of the molecule is CCOc1ccc(NC2CCCC2CN)cc1OCC. The van der Waals surface area contributed by atoms with Gasteiger partial charge >= 0.3 is 0 Å². The van der Waals surface area contributed by atoms with Gasteiger partial charge in [-0.1, -0.05) is 6.42 Å². The molecule has 4 nitrogen and oxygen atoms in total. The Balaban J connectivity index is 2.09. The first kappa shape index (κ1) is 15.0. The minimum absolute atomic E-state index is 0.479. The van der Waals surface area contributed by atoms with E-state index in [0.717, 1.165) is 23.7 Å². The number of hydrogen-bond donors (Lipinski definition) is 2. The Morgan fingerprint density at radius 3 is 2.60 bits per heavy atom. The summed E-state index contributed by atoms with van der Waals surface area (Å²) in [5, 5.41) is 3.59. The van der Waals surface area contributed by atoms with E-state index >= 15 is 0 Å². The maximum absolute atomic E-state index is 5.83. The fourth-order valence-corrected chi connectivity index (χ4v) is 2.86. The Hall–Kier alpha value is -1.42. The van der Waals surface area contributed by atoms with Crippen LogP contribution in [0, 0.1) is 5.92 Å². The Kier molecular flexibility index (Phi) is 5.53. The van der Waals surface area contributed by atoms with Gasteiger partial charge in [-0.15, -0.1) is 0 Å². The first-order valence-corrected chi connectivity index (χ1v) is 7.64. The molecule has 20 heavy (non-hydrogen) atoms. The van der Waals surface area contributed by atoms with Crippen LogP contribution in [0.3, 0.4) is 0 Å². The zero-order chi connectivity index (χ0) is 14.4. The molecule has 0 heterocycles. The van der Waals surface area contributed by atoms with Crippen molar-refractivity contribution in [3.63, 3.8) is 0 Å². The molecule has 3 N–H and O–H groups in total. The summed E-state index contributed by atoms with van der Waals surface area (Å²) in [7, 11) is 0. The van der Waals surface area contributed by atoms with Gasteiger partial charge in [-0.2, -0.15) is 0 Å². The first-order chi connectivity index (χ1) is 9.78. The smallest absolute Gasteiger partial charge is 0.163 e. The molecule has 0 radical (unpaired) electrons. The summed E-state index contributed by atoms with van der Waals surface area (Å²) in [5.74, 6) is 2.19. The van der Waals surface area contributed by atoms with Crippen LogP contribution in [0.25, 0.3) is 0 Å². The lowest BCUT2D eigenvalue weighted by atomic mass is 10.0. The molecule has 0 aliphatic heterocycles. The Morgan fingerprint density at radius 1 is 1.15 bits per heavy atom. The van der Waals surface area contributed by atoms with Gasteiger partial charge in [-0.3, -0.25) is 0 Å². The number of rotatable bonds is 7. The van der Waals surface area contributed by atoms with Crippen molar-refractivity contribution >= 4 is 5.69 Å². The normalized spacial score (nSPS) is 21.8. The molecule has 0 aromatic heterocycles. The molecule has 0 amide bonds. The molecular weight excluding hydrogens is 252 g/mol. The molecule has 0 bridgehead atoms. The van der Waals surface area contributed by atoms with Gasteiger partial charge in [-0.25, -0.2) is 0 Å². The molecule has 1 saturated carbocycles. The molecule has 1 fully saturated rings. The molecule has 112 valence electrons. The lowest BCUT2D eigenvalue weighted by Gasteiger charge is -2.21. The van der Waals surface area contributed by atoms with Crippen molar-refractivity contribution in [3.8, 4) is 11.5 Å². The van der Waals surface area contributed by atoms with Crippen molar-refractivity contribution in [2.75, 3.05) is 25.1 Å². The van der Waals surface area contributed by atoms with Crippen molar-refractivity contribution in [1.29, 1.82) is 0 Å². The molecule has 1 aromatic rings. The second-order valence-corrected chi connectivity index (χ2v) is 5.21. The predicted molar refractivity (Wildman–Crippen MR) is 82.6 cm³/mol. The molecule has 2 unspecified atom stereocenters. The van der Waals surface area contributed by atoms with Gasteiger partial charge in [0.2, 0.25) is 0 Å². The lowest BCUT2D eigenvalue weighted by Crippen LogP contribution is -2.29. The van der Waals surface area contributed by atoms with E-state index in [1.165, 1.54) is 19.3 Å². The van der Waals surface area contributed by atoms with Gasteiger partial charge in [0.1, 0.15) is 0 Å². The van der Waals surface area contributed by atoms with Crippen LogP contribution in [0.4, 0.5) is 5.69 Å². The molecule has 0 saturated heterocycles. The highest BCUT2D eigenvalue weighted by molar-refractivity contribution is 5.55. The molecule has 1 aromatic carbocycles. The van der Waals surface area contributed by atoms with Crippen molar-refractivity contribution in [2.45, 2.75) is 39.2 Å². The molecule has 1 aliphatic rings. The van der Waals surface area contributed by atoms with Crippen LogP contribution < -0.4 is 20.5 Å². The fourth-order valence-electron chi connectivity index (χ4n) is 2.86. The van der Waals surface area contributed by atoms with Crippen LogP contribution in [0.2, 0.25) is 0 Å². The van der Waals surface area contributed by atoms with Crippen LogP contribution >= 0.6 is 0 Å². The summed E-state index contributed by atoms with van der Waals surface area (Å²) in [6.45, 7) is 6.00. The number of ether oxygens (including phenoxy) is 2. The summed E-state index contributed by atoms with van der Waals surface area (Å²) in [4.78, 5) is 0. The van der Waals surface area contributed by atoms with Gasteiger partial charge in [0, 0.05) is 17.8 Å². The van der Waals surface area contributed by atoms with Gasteiger partial charge in [0.05, 0.1) is 13.2 Å². The monoisotopic (exact) mass is 278 g/mol. The summed E-state index contributed by atoms with van der Waals surface area (Å²) in [6.07, 6.45) is 3.68.